The maximum absolute atomic E-state index is 9.51. The molecule has 0 aliphatic heterocycles. The number of aromatic amines is 1. The molecule has 3 heteroatoms. The van der Waals surface area contributed by atoms with Gasteiger partial charge < -0.3 is 10.1 Å². The van der Waals surface area contributed by atoms with Crippen molar-refractivity contribution in [1.82, 2.24) is 9.97 Å². The number of phenolic OH excluding ortho intramolecular Hbond substituents is 1. The fourth-order valence-corrected chi connectivity index (χ4v) is 1.45. The van der Waals surface area contributed by atoms with Gasteiger partial charge in [0.1, 0.15) is 11.6 Å². The summed E-state index contributed by atoms with van der Waals surface area (Å²) in [7, 11) is 0. The van der Waals surface area contributed by atoms with E-state index < -0.39 is 0 Å². The Balaban J connectivity index is 2.66. The lowest BCUT2D eigenvalue weighted by Crippen LogP contribution is -1.88. The molecule has 2 rings (SSSR count). The van der Waals surface area contributed by atoms with Crippen LogP contribution in [0.3, 0.4) is 0 Å². The summed E-state index contributed by atoms with van der Waals surface area (Å²) >= 11 is 0. The predicted molar refractivity (Wildman–Crippen MR) is 56.6 cm³/mol. The minimum absolute atomic E-state index is 0.305. The van der Waals surface area contributed by atoms with Gasteiger partial charge >= 0.3 is 0 Å². The molecule has 74 valence electrons. The Kier molecular flexibility index (Phi) is 1.95. The van der Waals surface area contributed by atoms with Gasteiger partial charge in [-0.05, 0) is 18.6 Å². The number of H-pyrrole nitrogens is 1. The fourth-order valence-electron chi connectivity index (χ4n) is 1.45. The van der Waals surface area contributed by atoms with Gasteiger partial charge in [-0.3, -0.25) is 0 Å². The van der Waals surface area contributed by atoms with Gasteiger partial charge in [0.05, 0.1) is 11.0 Å². The normalized spacial score (nSPS) is 11.4. The maximum Gasteiger partial charge on any atom is 0.120 e. The van der Waals surface area contributed by atoms with E-state index in [1.807, 2.05) is 13.0 Å². The van der Waals surface area contributed by atoms with Crippen LogP contribution in [0.4, 0.5) is 0 Å². The Bertz CT molecular complexity index is 432. The topological polar surface area (TPSA) is 48.9 Å². The molecule has 1 aromatic heterocycles. The molecule has 0 fully saturated rings. The minimum atomic E-state index is 0.305. The van der Waals surface area contributed by atoms with Gasteiger partial charge in [0, 0.05) is 12.0 Å². The number of hydrogen-bond donors (Lipinski definition) is 2. The molecule has 0 unspecified atom stereocenters. The Labute approximate surface area is 82.8 Å². The van der Waals surface area contributed by atoms with Gasteiger partial charge in [-0.2, -0.15) is 0 Å². The lowest BCUT2D eigenvalue weighted by Gasteiger charge is -1.96. The SMILES string of the molecule is Cc1cc2[nH]c(C(C)C)nc2cc1O. The molecular weight excluding hydrogens is 176 g/mol. The zero-order valence-corrected chi connectivity index (χ0v) is 8.63. The Morgan fingerprint density at radius 3 is 2.71 bits per heavy atom. The quantitative estimate of drug-likeness (QED) is 0.726. The van der Waals surface area contributed by atoms with Gasteiger partial charge in [-0.1, -0.05) is 13.8 Å². The van der Waals surface area contributed by atoms with Crippen LogP contribution in [0, 0.1) is 6.92 Å². The van der Waals surface area contributed by atoms with Crippen LogP contribution in [-0.2, 0) is 0 Å². The van der Waals surface area contributed by atoms with E-state index in [1.165, 1.54) is 0 Å². The Morgan fingerprint density at radius 1 is 1.36 bits per heavy atom. The van der Waals surface area contributed by atoms with E-state index in [-0.39, 0.29) is 0 Å². The molecule has 0 saturated carbocycles. The number of phenols is 1. The molecule has 14 heavy (non-hydrogen) atoms. The summed E-state index contributed by atoms with van der Waals surface area (Å²) < 4.78 is 0. The van der Waals surface area contributed by atoms with Crippen LogP contribution in [0.25, 0.3) is 11.0 Å². The monoisotopic (exact) mass is 190 g/mol. The maximum atomic E-state index is 9.51. The third-order valence-corrected chi connectivity index (χ3v) is 2.36. The number of aromatic nitrogens is 2. The second-order valence-electron chi connectivity index (χ2n) is 3.93. The molecule has 0 saturated heterocycles. The van der Waals surface area contributed by atoms with Gasteiger partial charge in [0.15, 0.2) is 0 Å². The van der Waals surface area contributed by atoms with Gasteiger partial charge in [-0.15, -0.1) is 0 Å². The van der Waals surface area contributed by atoms with Crippen molar-refractivity contribution in [2.24, 2.45) is 0 Å². The van der Waals surface area contributed by atoms with E-state index in [4.69, 9.17) is 0 Å². The van der Waals surface area contributed by atoms with Crippen LogP contribution in [0.5, 0.6) is 5.75 Å². The van der Waals surface area contributed by atoms with E-state index >= 15 is 0 Å². The number of benzene rings is 1. The van der Waals surface area contributed by atoms with Crippen molar-refractivity contribution in [3.8, 4) is 5.75 Å². The van der Waals surface area contributed by atoms with E-state index in [2.05, 4.69) is 23.8 Å². The third-order valence-electron chi connectivity index (χ3n) is 2.36. The number of aromatic hydroxyl groups is 1. The standard InChI is InChI=1S/C11H14N2O/c1-6(2)11-12-8-4-7(3)10(14)5-9(8)13-11/h4-6,14H,1-3H3,(H,12,13). The van der Waals surface area contributed by atoms with Crippen LogP contribution < -0.4 is 0 Å². The largest absolute Gasteiger partial charge is 0.508 e. The first-order chi connectivity index (χ1) is 6.58. The average molecular weight is 190 g/mol. The van der Waals surface area contributed by atoms with Crippen LogP contribution in [0.1, 0.15) is 31.2 Å². The molecule has 0 aliphatic rings. The molecule has 0 atom stereocenters. The summed E-state index contributed by atoms with van der Waals surface area (Å²) in [5.41, 5.74) is 2.69. The van der Waals surface area contributed by atoms with Gasteiger partial charge in [0.2, 0.25) is 0 Å². The highest BCUT2D eigenvalue weighted by Gasteiger charge is 2.07. The van der Waals surface area contributed by atoms with E-state index in [0.717, 1.165) is 22.4 Å². The van der Waals surface area contributed by atoms with Crippen molar-refractivity contribution in [2.75, 3.05) is 0 Å². The molecule has 2 aromatic rings. The Morgan fingerprint density at radius 2 is 2.07 bits per heavy atom. The predicted octanol–water partition coefficient (Wildman–Crippen LogP) is 2.70. The molecule has 0 amide bonds. The summed E-state index contributed by atoms with van der Waals surface area (Å²) in [6.45, 7) is 6.06. The van der Waals surface area contributed by atoms with E-state index in [0.29, 0.717) is 11.7 Å². The van der Waals surface area contributed by atoms with Crippen molar-refractivity contribution in [3.05, 3.63) is 23.5 Å². The summed E-state index contributed by atoms with van der Waals surface area (Å²) in [6.07, 6.45) is 0. The van der Waals surface area contributed by atoms with Crippen molar-refractivity contribution >= 4 is 11.0 Å². The molecule has 3 nitrogen and oxygen atoms in total. The number of hydrogen-bond acceptors (Lipinski definition) is 2. The molecule has 1 aromatic carbocycles. The first kappa shape index (κ1) is 9.06. The average Bonchev–Trinajstić information content (AvgIpc) is 2.48. The van der Waals surface area contributed by atoms with Crippen LogP contribution in [0.15, 0.2) is 12.1 Å². The lowest BCUT2D eigenvalue weighted by molar-refractivity contribution is 0.472. The summed E-state index contributed by atoms with van der Waals surface area (Å²) in [5.74, 6) is 1.65. The summed E-state index contributed by atoms with van der Waals surface area (Å²) in [5, 5.41) is 9.51. The van der Waals surface area contributed by atoms with E-state index in [1.54, 1.807) is 6.07 Å². The van der Waals surface area contributed by atoms with Gasteiger partial charge in [0.25, 0.3) is 0 Å². The van der Waals surface area contributed by atoms with Crippen molar-refractivity contribution in [3.63, 3.8) is 0 Å². The number of imidazole rings is 1. The third kappa shape index (κ3) is 1.35. The first-order valence-electron chi connectivity index (χ1n) is 4.77. The molecular formula is C11H14N2O. The number of aryl methyl sites for hydroxylation is 1. The minimum Gasteiger partial charge on any atom is -0.508 e. The number of rotatable bonds is 1. The summed E-state index contributed by atoms with van der Waals surface area (Å²) in [4.78, 5) is 7.64. The van der Waals surface area contributed by atoms with Crippen molar-refractivity contribution in [1.29, 1.82) is 0 Å². The highest BCUT2D eigenvalue weighted by molar-refractivity contribution is 5.78. The van der Waals surface area contributed by atoms with E-state index in [9.17, 15) is 5.11 Å². The lowest BCUT2D eigenvalue weighted by atomic mass is 10.2. The number of nitrogens with one attached hydrogen (secondary N) is 1. The number of fused-ring (bicyclic) bond motifs is 1. The Hall–Kier alpha value is -1.51. The number of nitrogens with zero attached hydrogens (tertiary/aromatic N) is 1. The highest BCUT2D eigenvalue weighted by atomic mass is 16.3. The van der Waals surface area contributed by atoms with Crippen LogP contribution >= 0.6 is 0 Å². The first-order valence-corrected chi connectivity index (χ1v) is 4.77. The second-order valence-corrected chi connectivity index (χ2v) is 3.93. The molecule has 2 N–H and O–H groups in total. The fraction of sp³-hybridized carbons (Fsp3) is 0.364. The van der Waals surface area contributed by atoms with Gasteiger partial charge in [-0.25, -0.2) is 4.98 Å². The molecule has 0 aliphatic carbocycles. The van der Waals surface area contributed by atoms with Crippen molar-refractivity contribution < 1.29 is 5.11 Å². The highest BCUT2D eigenvalue weighted by Crippen LogP contribution is 2.24. The van der Waals surface area contributed by atoms with Crippen LogP contribution in [0.2, 0.25) is 0 Å². The molecule has 0 bridgehead atoms. The molecule has 0 spiro atoms. The van der Waals surface area contributed by atoms with Crippen LogP contribution in [-0.4, -0.2) is 15.1 Å². The zero-order valence-electron chi connectivity index (χ0n) is 8.63. The smallest absolute Gasteiger partial charge is 0.120 e. The summed E-state index contributed by atoms with van der Waals surface area (Å²) in [6, 6.07) is 3.62. The second kappa shape index (κ2) is 3.01. The molecule has 0 radical (unpaired) electrons. The zero-order chi connectivity index (χ0) is 10.3. The van der Waals surface area contributed by atoms with Crippen molar-refractivity contribution in [2.45, 2.75) is 26.7 Å². The molecule has 1 heterocycles.